The second kappa shape index (κ2) is 5.95. The van der Waals surface area contributed by atoms with Crippen molar-refractivity contribution in [2.45, 2.75) is 4.90 Å². The van der Waals surface area contributed by atoms with Gasteiger partial charge >= 0.3 is 0 Å². The maximum absolute atomic E-state index is 12.1. The third-order valence-corrected chi connectivity index (χ3v) is 3.32. The van der Waals surface area contributed by atoms with Crippen LogP contribution in [0, 0.1) is 0 Å². The maximum Gasteiger partial charge on any atom is 0.255 e. The van der Waals surface area contributed by atoms with Crippen LogP contribution in [0.4, 0.5) is 11.5 Å². The minimum absolute atomic E-state index is 0.197. The maximum atomic E-state index is 12.1. The van der Waals surface area contributed by atoms with Crippen LogP contribution in [0.15, 0.2) is 41.3 Å². The summed E-state index contributed by atoms with van der Waals surface area (Å²) in [6, 6.07) is 10.5. The van der Waals surface area contributed by atoms with Crippen LogP contribution in [0.25, 0.3) is 0 Å². The van der Waals surface area contributed by atoms with E-state index in [1.807, 2.05) is 30.5 Å². The molecule has 3 N–H and O–H groups in total. The second-order valence-electron chi connectivity index (χ2n) is 3.79. The Morgan fingerprint density at radius 1 is 1.37 bits per heavy atom. The molecule has 2 aromatic rings. The van der Waals surface area contributed by atoms with Crippen molar-refractivity contribution >= 4 is 40.8 Å². The average molecular weight is 294 g/mol. The number of nitrogen functional groups attached to an aromatic ring is 1. The van der Waals surface area contributed by atoms with Gasteiger partial charge in [-0.25, -0.2) is 4.98 Å². The fraction of sp³-hybridized carbons (Fsp3) is 0.0769. The number of thioether (sulfide) groups is 1. The van der Waals surface area contributed by atoms with Crippen molar-refractivity contribution in [3.8, 4) is 0 Å². The summed E-state index contributed by atoms with van der Waals surface area (Å²) in [6.45, 7) is 0. The van der Waals surface area contributed by atoms with E-state index in [2.05, 4.69) is 10.3 Å². The van der Waals surface area contributed by atoms with Crippen LogP contribution in [-0.4, -0.2) is 17.1 Å². The number of rotatable bonds is 3. The molecule has 0 saturated carbocycles. The molecule has 0 bridgehead atoms. The van der Waals surface area contributed by atoms with Gasteiger partial charge in [0.05, 0.1) is 0 Å². The third-order valence-electron chi connectivity index (χ3n) is 2.40. The number of amides is 1. The Morgan fingerprint density at radius 2 is 2.16 bits per heavy atom. The lowest BCUT2D eigenvalue weighted by molar-refractivity contribution is 0.102. The highest BCUT2D eigenvalue weighted by atomic mass is 35.5. The predicted molar refractivity (Wildman–Crippen MR) is 79.8 cm³/mol. The van der Waals surface area contributed by atoms with Crippen molar-refractivity contribution in [1.29, 1.82) is 0 Å². The minimum atomic E-state index is -0.269. The summed E-state index contributed by atoms with van der Waals surface area (Å²) < 4.78 is 0. The number of halogens is 1. The molecule has 1 aromatic carbocycles. The summed E-state index contributed by atoms with van der Waals surface area (Å²) >= 11 is 7.38. The molecule has 98 valence electrons. The molecule has 0 fully saturated rings. The van der Waals surface area contributed by atoms with Gasteiger partial charge in [-0.2, -0.15) is 0 Å². The Kier molecular flexibility index (Phi) is 4.29. The molecule has 0 atom stereocenters. The fourth-order valence-electron chi connectivity index (χ4n) is 1.55. The molecule has 0 unspecified atom stereocenters. The molecule has 4 nitrogen and oxygen atoms in total. The van der Waals surface area contributed by atoms with Gasteiger partial charge in [0, 0.05) is 16.1 Å². The van der Waals surface area contributed by atoms with Crippen molar-refractivity contribution < 1.29 is 4.79 Å². The smallest absolute Gasteiger partial charge is 0.255 e. The number of benzene rings is 1. The van der Waals surface area contributed by atoms with Crippen LogP contribution in [0.1, 0.15) is 10.4 Å². The number of pyridine rings is 1. The molecule has 6 heteroatoms. The number of anilines is 2. The van der Waals surface area contributed by atoms with E-state index in [0.717, 1.165) is 10.6 Å². The molecular formula is C13H12ClN3OS. The zero-order valence-corrected chi connectivity index (χ0v) is 11.8. The van der Waals surface area contributed by atoms with Crippen molar-refractivity contribution in [2.75, 3.05) is 17.3 Å². The van der Waals surface area contributed by atoms with Gasteiger partial charge in [-0.1, -0.05) is 17.7 Å². The van der Waals surface area contributed by atoms with E-state index in [0.29, 0.717) is 5.56 Å². The summed E-state index contributed by atoms with van der Waals surface area (Å²) in [5.74, 6) is -0.0511. The van der Waals surface area contributed by atoms with Crippen LogP contribution < -0.4 is 11.1 Å². The second-order valence-corrected chi connectivity index (χ2v) is 5.06. The van der Waals surface area contributed by atoms with E-state index >= 15 is 0 Å². The van der Waals surface area contributed by atoms with Gasteiger partial charge in [-0.05, 0) is 36.6 Å². The normalized spacial score (nSPS) is 10.2. The number of nitrogens with two attached hydrogens (primary N) is 1. The summed E-state index contributed by atoms with van der Waals surface area (Å²) in [5.41, 5.74) is 6.66. The van der Waals surface area contributed by atoms with Crippen LogP contribution in [0.2, 0.25) is 5.15 Å². The Balaban J connectivity index is 2.20. The zero-order chi connectivity index (χ0) is 13.8. The molecule has 1 heterocycles. The Hall–Kier alpha value is -1.72. The van der Waals surface area contributed by atoms with Gasteiger partial charge in [0.2, 0.25) is 0 Å². The van der Waals surface area contributed by atoms with Crippen molar-refractivity contribution in [3.05, 3.63) is 47.1 Å². The molecule has 0 aliphatic carbocycles. The van der Waals surface area contributed by atoms with E-state index in [4.69, 9.17) is 17.3 Å². The van der Waals surface area contributed by atoms with Gasteiger partial charge in [0.1, 0.15) is 11.0 Å². The first-order valence-electron chi connectivity index (χ1n) is 5.47. The Labute approximate surface area is 120 Å². The van der Waals surface area contributed by atoms with Gasteiger partial charge < -0.3 is 11.1 Å². The SMILES string of the molecule is CSc1cccc(NC(=O)c2cc(N)nc(Cl)c2)c1. The highest BCUT2D eigenvalue weighted by Gasteiger charge is 2.09. The highest BCUT2D eigenvalue weighted by Crippen LogP contribution is 2.20. The van der Waals surface area contributed by atoms with Crippen molar-refractivity contribution in [3.63, 3.8) is 0 Å². The molecule has 0 radical (unpaired) electrons. The van der Waals surface area contributed by atoms with Gasteiger partial charge in [0.25, 0.3) is 5.91 Å². The van der Waals surface area contributed by atoms with Crippen molar-refractivity contribution in [2.24, 2.45) is 0 Å². The van der Waals surface area contributed by atoms with Gasteiger partial charge in [-0.3, -0.25) is 4.79 Å². The third kappa shape index (κ3) is 3.62. The summed E-state index contributed by atoms with van der Waals surface area (Å²) in [4.78, 5) is 16.9. The molecule has 0 aliphatic heterocycles. The van der Waals surface area contributed by atoms with Crippen molar-refractivity contribution in [1.82, 2.24) is 4.98 Å². The van der Waals surface area contributed by atoms with Crippen LogP contribution in [0.5, 0.6) is 0 Å². The number of nitrogens with one attached hydrogen (secondary N) is 1. The predicted octanol–water partition coefficient (Wildman–Crippen LogP) is 3.29. The van der Waals surface area contributed by atoms with Crippen LogP contribution in [0.3, 0.4) is 0 Å². The first-order chi connectivity index (χ1) is 9.08. The number of aromatic nitrogens is 1. The zero-order valence-electron chi connectivity index (χ0n) is 10.2. The lowest BCUT2D eigenvalue weighted by atomic mass is 10.2. The lowest BCUT2D eigenvalue weighted by Crippen LogP contribution is -2.12. The molecular weight excluding hydrogens is 282 g/mol. The Morgan fingerprint density at radius 3 is 2.84 bits per heavy atom. The monoisotopic (exact) mass is 293 g/mol. The topological polar surface area (TPSA) is 68.0 Å². The minimum Gasteiger partial charge on any atom is -0.384 e. The lowest BCUT2D eigenvalue weighted by Gasteiger charge is -2.07. The number of carbonyl (C=O) groups is 1. The number of hydrogen-bond acceptors (Lipinski definition) is 4. The van der Waals surface area contributed by atoms with Gasteiger partial charge in [-0.15, -0.1) is 11.8 Å². The van der Waals surface area contributed by atoms with E-state index in [9.17, 15) is 4.79 Å². The largest absolute Gasteiger partial charge is 0.384 e. The Bertz CT molecular complexity index is 598. The van der Waals surface area contributed by atoms with Crippen LogP contribution in [-0.2, 0) is 0 Å². The number of hydrogen-bond donors (Lipinski definition) is 2. The standard InChI is InChI=1S/C13H12ClN3OS/c1-19-10-4-2-3-9(7-10)16-13(18)8-5-11(14)17-12(15)6-8/h2-7H,1H3,(H2,15,17)(H,16,18). The van der Waals surface area contributed by atoms with E-state index in [-0.39, 0.29) is 16.9 Å². The van der Waals surface area contributed by atoms with E-state index in [1.54, 1.807) is 11.8 Å². The van der Waals surface area contributed by atoms with E-state index < -0.39 is 0 Å². The van der Waals surface area contributed by atoms with Crippen LogP contribution >= 0.6 is 23.4 Å². The molecule has 0 aliphatic rings. The molecule has 0 saturated heterocycles. The number of nitrogens with zero attached hydrogens (tertiary/aromatic N) is 1. The summed E-state index contributed by atoms with van der Waals surface area (Å²) in [6.07, 6.45) is 1.98. The number of carbonyl (C=O) groups excluding carboxylic acids is 1. The highest BCUT2D eigenvalue weighted by molar-refractivity contribution is 7.98. The first kappa shape index (κ1) is 13.7. The summed E-state index contributed by atoms with van der Waals surface area (Å²) in [7, 11) is 0. The molecule has 0 spiro atoms. The summed E-state index contributed by atoms with van der Waals surface area (Å²) in [5, 5.41) is 2.99. The fourth-order valence-corrected chi connectivity index (χ4v) is 2.23. The average Bonchev–Trinajstić information content (AvgIpc) is 2.37. The van der Waals surface area contributed by atoms with Gasteiger partial charge in [0.15, 0.2) is 0 Å². The first-order valence-corrected chi connectivity index (χ1v) is 7.07. The molecule has 19 heavy (non-hydrogen) atoms. The molecule has 2 rings (SSSR count). The molecule has 1 amide bonds. The molecule has 1 aromatic heterocycles. The quantitative estimate of drug-likeness (QED) is 0.673. The van der Waals surface area contributed by atoms with E-state index in [1.165, 1.54) is 12.1 Å².